The van der Waals surface area contributed by atoms with E-state index in [1.54, 1.807) is 0 Å². The van der Waals surface area contributed by atoms with E-state index in [-0.39, 0.29) is 30.4 Å². The highest BCUT2D eigenvalue weighted by Gasteiger charge is 2.52. The number of hydrogen-bond donors (Lipinski definition) is 0. The highest BCUT2D eigenvalue weighted by Crippen LogP contribution is 2.40. The number of allylic oxidation sites excluding steroid dienone is 1. The standard InChI is InChI=1S/C14H23BO4/c1-10(16)17-12-8-6-11(7-9-12)15-18-13(2,3)14(4,5)19-15/h6,12H,7-9H2,1-5H3. The van der Waals surface area contributed by atoms with Crippen molar-refractivity contribution in [2.75, 3.05) is 0 Å². The molecule has 0 radical (unpaired) electrons. The van der Waals surface area contributed by atoms with Gasteiger partial charge in [0.05, 0.1) is 11.2 Å². The third-order valence-electron chi connectivity index (χ3n) is 4.29. The monoisotopic (exact) mass is 266 g/mol. The molecule has 0 aromatic rings. The van der Waals surface area contributed by atoms with Crippen LogP contribution in [0.25, 0.3) is 0 Å². The first kappa shape index (κ1) is 14.6. The van der Waals surface area contributed by atoms with Crippen LogP contribution in [0.4, 0.5) is 0 Å². The maximum atomic E-state index is 10.9. The maximum absolute atomic E-state index is 10.9. The molecule has 0 amide bonds. The van der Waals surface area contributed by atoms with Crippen LogP contribution in [0.15, 0.2) is 11.5 Å². The second kappa shape index (κ2) is 4.95. The number of esters is 1. The smallest absolute Gasteiger partial charge is 0.462 e. The highest BCUT2D eigenvalue weighted by molar-refractivity contribution is 6.54. The van der Waals surface area contributed by atoms with Crippen LogP contribution in [-0.4, -0.2) is 30.4 Å². The Balaban J connectivity index is 1.99. The van der Waals surface area contributed by atoms with Gasteiger partial charge in [0.15, 0.2) is 0 Å². The van der Waals surface area contributed by atoms with Crippen molar-refractivity contribution in [3.8, 4) is 0 Å². The summed E-state index contributed by atoms with van der Waals surface area (Å²) in [6.07, 6.45) is 4.55. The van der Waals surface area contributed by atoms with Crippen molar-refractivity contribution in [3.05, 3.63) is 11.5 Å². The van der Waals surface area contributed by atoms with Crippen molar-refractivity contribution < 1.29 is 18.8 Å². The second-order valence-corrected chi connectivity index (χ2v) is 6.37. The average molecular weight is 266 g/mol. The van der Waals surface area contributed by atoms with Crippen molar-refractivity contribution >= 4 is 13.1 Å². The zero-order valence-electron chi connectivity index (χ0n) is 12.5. The molecule has 0 aromatic carbocycles. The van der Waals surface area contributed by atoms with Crippen molar-refractivity contribution in [1.29, 1.82) is 0 Å². The second-order valence-electron chi connectivity index (χ2n) is 6.37. The van der Waals surface area contributed by atoms with E-state index >= 15 is 0 Å². The lowest BCUT2D eigenvalue weighted by atomic mass is 9.72. The van der Waals surface area contributed by atoms with Crippen LogP contribution < -0.4 is 0 Å². The van der Waals surface area contributed by atoms with Crippen LogP contribution in [0, 0.1) is 0 Å². The van der Waals surface area contributed by atoms with Crippen molar-refractivity contribution in [1.82, 2.24) is 0 Å². The molecule has 1 unspecified atom stereocenters. The third-order valence-corrected chi connectivity index (χ3v) is 4.29. The molecule has 0 aromatic heterocycles. The Bertz CT molecular complexity index is 384. The maximum Gasteiger partial charge on any atom is 0.490 e. The van der Waals surface area contributed by atoms with Gasteiger partial charge in [0, 0.05) is 13.3 Å². The average Bonchev–Trinajstić information content (AvgIpc) is 2.48. The van der Waals surface area contributed by atoms with Crippen LogP contribution in [0.2, 0.25) is 0 Å². The summed E-state index contributed by atoms with van der Waals surface area (Å²) in [5.74, 6) is -0.211. The first-order valence-corrected chi connectivity index (χ1v) is 6.93. The van der Waals surface area contributed by atoms with E-state index < -0.39 is 0 Å². The van der Waals surface area contributed by atoms with Crippen LogP contribution in [0.3, 0.4) is 0 Å². The number of rotatable bonds is 2. The van der Waals surface area contributed by atoms with E-state index in [9.17, 15) is 4.79 Å². The largest absolute Gasteiger partial charge is 0.490 e. The van der Waals surface area contributed by atoms with E-state index in [0.717, 1.165) is 19.3 Å². The van der Waals surface area contributed by atoms with Gasteiger partial charge in [-0.3, -0.25) is 4.79 Å². The van der Waals surface area contributed by atoms with Crippen molar-refractivity contribution in [3.63, 3.8) is 0 Å². The van der Waals surface area contributed by atoms with Gasteiger partial charge >= 0.3 is 13.1 Å². The fraction of sp³-hybridized carbons (Fsp3) is 0.786. The molecular formula is C14H23BO4. The van der Waals surface area contributed by atoms with Crippen LogP contribution in [-0.2, 0) is 18.8 Å². The minimum Gasteiger partial charge on any atom is -0.462 e. The molecule has 4 nitrogen and oxygen atoms in total. The molecule has 5 heteroatoms. The molecular weight excluding hydrogens is 243 g/mol. The van der Waals surface area contributed by atoms with Gasteiger partial charge in [-0.15, -0.1) is 0 Å². The molecule has 2 aliphatic rings. The topological polar surface area (TPSA) is 44.8 Å². The first-order valence-electron chi connectivity index (χ1n) is 6.93. The molecule has 106 valence electrons. The Labute approximate surface area is 115 Å². The Morgan fingerprint density at radius 3 is 2.32 bits per heavy atom. The number of carbonyl (C=O) groups excluding carboxylic acids is 1. The Morgan fingerprint density at radius 1 is 1.32 bits per heavy atom. The number of carbonyl (C=O) groups is 1. The van der Waals surface area contributed by atoms with Gasteiger partial charge in [-0.25, -0.2) is 0 Å². The lowest BCUT2D eigenvalue weighted by Crippen LogP contribution is -2.41. The van der Waals surface area contributed by atoms with Gasteiger partial charge in [0.1, 0.15) is 6.10 Å². The molecule has 0 spiro atoms. The molecule has 19 heavy (non-hydrogen) atoms. The van der Waals surface area contributed by atoms with Crippen molar-refractivity contribution in [2.45, 2.75) is 71.2 Å². The minimum absolute atomic E-state index is 0.00340. The predicted octanol–water partition coefficient (Wildman–Crippen LogP) is 2.66. The summed E-state index contributed by atoms with van der Waals surface area (Å²) in [5.41, 5.74) is 0.568. The number of hydrogen-bond acceptors (Lipinski definition) is 4. The summed E-state index contributed by atoms with van der Waals surface area (Å²) >= 11 is 0. The molecule has 0 N–H and O–H groups in total. The first-order chi connectivity index (χ1) is 8.71. The van der Waals surface area contributed by atoms with E-state index in [1.165, 1.54) is 12.4 Å². The highest BCUT2D eigenvalue weighted by atomic mass is 16.7. The van der Waals surface area contributed by atoms with Crippen LogP contribution in [0.1, 0.15) is 53.9 Å². The fourth-order valence-electron chi connectivity index (χ4n) is 2.38. The summed E-state index contributed by atoms with van der Waals surface area (Å²) in [5, 5.41) is 0. The van der Waals surface area contributed by atoms with Gasteiger partial charge in [0.2, 0.25) is 0 Å². The normalized spacial score (nSPS) is 29.0. The third kappa shape index (κ3) is 3.03. The molecule has 1 aliphatic carbocycles. The van der Waals surface area contributed by atoms with Gasteiger partial charge in [0.25, 0.3) is 0 Å². The summed E-state index contributed by atoms with van der Waals surface area (Å²) in [6.45, 7) is 9.67. The van der Waals surface area contributed by atoms with Crippen molar-refractivity contribution in [2.24, 2.45) is 0 Å². The summed E-state index contributed by atoms with van der Waals surface area (Å²) in [6, 6.07) is 0. The predicted molar refractivity (Wildman–Crippen MR) is 73.6 cm³/mol. The van der Waals surface area contributed by atoms with Gasteiger partial charge in [-0.05, 0) is 46.0 Å². The SMILES string of the molecule is CC(=O)OC1CC=C(B2OC(C)(C)C(C)(C)O2)CC1. The minimum atomic E-state index is -0.300. The Hall–Kier alpha value is -0.805. The van der Waals surface area contributed by atoms with E-state index in [4.69, 9.17) is 14.0 Å². The summed E-state index contributed by atoms with van der Waals surface area (Å²) < 4.78 is 17.3. The van der Waals surface area contributed by atoms with E-state index in [2.05, 4.69) is 33.8 Å². The van der Waals surface area contributed by atoms with Crippen LogP contribution >= 0.6 is 0 Å². The molecule has 2 rings (SSSR count). The van der Waals surface area contributed by atoms with Gasteiger partial charge in [-0.2, -0.15) is 0 Å². The summed E-state index contributed by atoms with van der Waals surface area (Å²) in [7, 11) is -0.261. The Morgan fingerprint density at radius 2 is 1.89 bits per heavy atom. The lowest BCUT2D eigenvalue weighted by molar-refractivity contribution is -0.146. The van der Waals surface area contributed by atoms with Gasteiger partial charge < -0.3 is 14.0 Å². The van der Waals surface area contributed by atoms with Gasteiger partial charge in [-0.1, -0.05) is 6.08 Å². The summed E-state index contributed by atoms with van der Waals surface area (Å²) in [4.78, 5) is 10.9. The van der Waals surface area contributed by atoms with E-state index in [0.29, 0.717) is 0 Å². The molecule has 0 saturated carbocycles. The molecule has 1 saturated heterocycles. The molecule has 1 aliphatic heterocycles. The Kier molecular flexibility index (Phi) is 3.80. The molecule has 1 atom stereocenters. The fourth-order valence-corrected chi connectivity index (χ4v) is 2.38. The quantitative estimate of drug-likeness (QED) is 0.569. The zero-order chi connectivity index (χ0) is 14.3. The number of ether oxygens (including phenoxy) is 1. The molecule has 1 heterocycles. The van der Waals surface area contributed by atoms with E-state index in [1.807, 2.05) is 0 Å². The van der Waals surface area contributed by atoms with Crippen LogP contribution in [0.5, 0.6) is 0 Å². The molecule has 1 fully saturated rings. The zero-order valence-corrected chi connectivity index (χ0v) is 12.5. The molecule has 0 bridgehead atoms. The lowest BCUT2D eigenvalue weighted by Gasteiger charge is -2.32.